The van der Waals surface area contributed by atoms with Crippen molar-refractivity contribution in [2.24, 2.45) is 0 Å². The summed E-state index contributed by atoms with van der Waals surface area (Å²) < 4.78 is 0. The minimum atomic E-state index is -0.484. The standard InChI is InChI=1S/C4HN3O3/c8-2-5-1-6(2)4(10)7(1)3(5)9/h1H. The molecule has 0 radical (unpaired) electrons. The quantitative estimate of drug-likeness (QED) is 0.457. The number of hydrogen-bond acceptors (Lipinski definition) is 3. The molecule has 3 aliphatic rings. The fraction of sp³-hybridized carbons (Fsp3) is 0.250. The van der Waals surface area contributed by atoms with Crippen molar-refractivity contribution < 1.29 is 14.4 Å². The number of carbonyl (C=O) groups excluding carboxylic acids is 3. The topological polar surface area (TPSA) is 60.9 Å². The summed E-state index contributed by atoms with van der Waals surface area (Å²) in [6.07, 6.45) is -0.340. The predicted octanol–water partition coefficient (Wildman–Crippen LogP) is -0.423. The zero-order valence-corrected chi connectivity index (χ0v) is 4.64. The van der Waals surface area contributed by atoms with Crippen molar-refractivity contribution >= 4 is 18.1 Å². The van der Waals surface area contributed by atoms with Crippen LogP contribution in [0.3, 0.4) is 0 Å². The summed E-state index contributed by atoms with van der Waals surface area (Å²) in [5.74, 6) is 0. The van der Waals surface area contributed by atoms with Gasteiger partial charge in [0.05, 0.1) is 0 Å². The molecule has 0 spiro atoms. The number of rotatable bonds is 0. The molecule has 0 N–H and O–H groups in total. The molecule has 0 bridgehead atoms. The molecule has 3 aliphatic heterocycles. The number of imide groups is 3. The van der Waals surface area contributed by atoms with Gasteiger partial charge in [-0.05, 0) is 0 Å². The maximum Gasteiger partial charge on any atom is 0.342 e. The second-order valence-corrected chi connectivity index (χ2v) is 2.30. The van der Waals surface area contributed by atoms with Gasteiger partial charge in [0, 0.05) is 0 Å². The Balaban J connectivity index is 2.13. The maximum absolute atomic E-state index is 10.7. The largest absolute Gasteiger partial charge is 0.342 e. The molecule has 3 heterocycles. The smallest absolute Gasteiger partial charge is 0.247 e. The van der Waals surface area contributed by atoms with Crippen molar-refractivity contribution in [3.05, 3.63) is 0 Å². The van der Waals surface area contributed by atoms with Gasteiger partial charge in [-0.15, -0.1) is 0 Å². The van der Waals surface area contributed by atoms with E-state index in [4.69, 9.17) is 0 Å². The molecule has 10 heavy (non-hydrogen) atoms. The van der Waals surface area contributed by atoms with Gasteiger partial charge in [-0.3, -0.25) is 0 Å². The molecule has 0 atom stereocenters. The van der Waals surface area contributed by atoms with E-state index >= 15 is 0 Å². The van der Waals surface area contributed by atoms with Crippen molar-refractivity contribution in [3.63, 3.8) is 0 Å². The van der Waals surface area contributed by atoms with Crippen molar-refractivity contribution in [2.75, 3.05) is 0 Å². The molecule has 0 aromatic rings. The molecule has 3 rings (SSSR count). The highest BCUT2D eigenvalue weighted by atomic mass is 16.3. The molecule has 3 fully saturated rings. The van der Waals surface area contributed by atoms with E-state index in [1.165, 1.54) is 0 Å². The Bertz CT molecular complexity index is 233. The van der Waals surface area contributed by atoms with Crippen LogP contribution in [-0.4, -0.2) is 39.1 Å². The van der Waals surface area contributed by atoms with Crippen LogP contribution in [0.25, 0.3) is 0 Å². The van der Waals surface area contributed by atoms with Crippen molar-refractivity contribution in [3.8, 4) is 0 Å². The Hall–Kier alpha value is -1.59. The number of amides is 6. The fourth-order valence-corrected chi connectivity index (χ4v) is 1.36. The summed E-state index contributed by atoms with van der Waals surface area (Å²) in [5, 5.41) is 0. The van der Waals surface area contributed by atoms with E-state index in [9.17, 15) is 14.4 Å². The molecule has 0 aliphatic carbocycles. The van der Waals surface area contributed by atoms with Crippen molar-refractivity contribution in [1.82, 2.24) is 14.7 Å². The van der Waals surface area contributed by atoms with Gasteiger partial charge in [-0.2, -0.15) is 0 Å². The predicted molar refractivity (Wildman–Crippen MR) is 25.5 cm³/mol. The molecule has 0 aromatic carbocycles. The lowest BCUT2D eigenvalue weighted by Crippen LogP contribution is -2.97. The Kier molecular flexibility index (Phi) is 0.344. The van der Waals surface area contributed by atoms with Crippen LogP contribution >= 0.6 is 0 Å². The van der Waals surface area contributed by atoms with E-state index in [1.807, 2.05) is 0 Å². The average molecular weight is 139 g/mol. The van der Waals surface area contributed by atoms with Crippen LogP contribution in [0.15, 0.2) is 0 Å². The molecular formula is C4HN3O3. The monoisotopic (exact) mass is 139 g/mol. The summed E-state index contributed by atoms with van der Waals surface area (Å²) in [6, 6.07) is -1.45. The van der Waals surface area contributed by atoms with Gasteiger partial charge in [-0.1, -0.05) is 0 Å². The van der Waals surface area contributed by atoms with E-state index < -0.39 is 18.1 Å². The zero-order chi connectivity index (χ0) is 7.04. The summed E-state index contributed by atoms with van der Waals surface area (Å²) in [5.41, 5.74) is 0. The molecule has 6 heteroatoms. The first kappa shape index (κ1) is 4.26. The second-order valence-electron chi connectivity index (χ2n) is 2.30. The maximum atomic E-state index is 10.7. The molecular weight excluding hydrogens is 138 g/mol. The molecule has 6 amide bonds. The summed E-state index contributed by atoms with van der Waals surface area (Å²) in [4.78, 5) is 35.1. The summed E-state index contributed by atoms with van der Waals surface area (Å²) in [6.45, 7) is 0. The lowest BCUT2D eigenvalue weighted by atomic mass is 10.1. The molecule has 50 valence electrons. The highest BCUT2D eigenvalue weighted by Gasteiger charge is 2.76. The van der Waals surface area contributed by atoms with Crippen LogP contribution in [0.1, 0.15) is 0 Å². The van der Waals surface area contributed by atoms with Crippen LogP contribution in [0.2, 0.25) is 0 Å². The Labute approximate surface area is 54.6 Å². The van der Waals surface area contributed by atoms with E-state index in [-0.39, 0.29) is 6.29 Å². The Morgan fingerprint density at radius 2 is 1.10 bits per heavy atom. The summed E-state index contributed by atoms with van der Waals surface area (Å²) >= 11 is 0. The fourth-order valence-electron chi connectivity index (χ4n) is 1.36. The number of hydrogen-bond donors (Lipinski definition) is 0. The normalized spacial score (nSPS) is 27.6. The van der Waals surface area contributed by atoms with Crippen LogP contribution in [0.5, 0.6) is 0 Å². The number of nitrogens with zero attached hydrogens (tertiary/aromatic N) is 3. The second kappa shape index (κ2) is 0.808. The first-order valence-corrected chi connectivity index (χ1v) is 2.73. The van der Waals surface area contributed by atoms with Gasteiger partial charge in [0.25, 0.3) is 0 Å². The minimum Gasteiger partial charge on any atom is -0.247 e. The first-order valence-electron chi connectivity index (χ1n) is 2.73. The lowest BCUT2D eigenvalue weighted by molar-refractivity contribution is -0.147. The molecule has 0 saturated carbocycles. The van der Waals surface area contributed by atoms with Gasteiger partial charge in [0.2, 0.25) is 6.29 Å². The van der Waals surface area contributed by atoms with E-state index in [0.717, 1.165) is 14.7 Å². The van der Waals surface area contributed by atoms with E-state index in [0.29, 0.717) is 0 Å². The molecule has 0 unspecified atom stereocenters. The van der Waals surface area contributed by atoms with Crippen LogP contribution in [-0.2, 0) is 0 Å². The van der Waals surface area contributed by atoms with Gasteiger partial charge < -0.3 is 0 Å². The van der Waals surface area contributed by atoms with Crippen LogP contribution < -0.4 is 0 Å². The van der Waals surface area contributed by atoms with Crippen LogP contribution in [0, 0.1) is 0 Å². The third-order valence-electron chi connectivity index (χ3n) is 1.93. The molecule has 0 aromatic heterocycles. The van der Waals surface area contributed by atoms with E-state index in [1.54, 1.807) is 0 Å². The lowest BCUT2D eigenvalue weighted by Gasteiger charge is -2.67. The van der Waals surface area contributed by atoms with E-state index in [2.05, 4.69) is 0 Å². The van der Waals surface area contributed by atoms with Crippen molar-refractivity contribution in [2.45, 2.75) is 6.29 Å². The minimum absolute atomic E-state index is 0.340. The average Bonchev–Trinajstić information content (AvgIpc) is 1.83. The Morgan fingerprint density at radius 3 is 1.30 bits per heavy atom. The van der Waals surface area contributed by atoms with Gasteiger partial charge in [0.1, 0.15) is 0 Å². The third kappa shape index (κ3) is 0.158. The Morgan fingerprint density at radius 1 is 0.800 bits per heavy atom. The van der Waals surface area contributed by atoms with Gasteiger partial charge in [0.15, 0.2) is 0 Å². The van der Waals surface area contributed by atoms with Gasteiger partial charge in [-0.25, -0.2) is 29.1 Å². The zero-order valence-electron chi connectivity index (χ0n) is 4.64. The summed E-state index contributed by atoms with van der Waals surface area (Å²) in [7, 11) is 0. The third-order valence-corrected chi connectivity index (χ3v) is 1.93. The SMILES string of the molecule is O=C1N2C(=O)N3C(=O)N1C23. The molecule has 3 saturated heterocycles. The highest BCUT2D eigenvalue weighted by molar-refractivity contribution is 6.23. The number of urea groups is 3. The van der Waals surface area contributed by atoms with Gasteiger partial charge >= 0.3 is 18.1 Å². The van der Waals surface area contributed by atoms with Crippen LogP contribution in [0.4, 0.5) is 14.4 Å². The highest BCUT2D eigenvalue weighted by Crippen LogP contribution is 2.44. The van der Waals surface area contributed by atoms with Crippen molar-refractivity contribution in [1.29, 1.82) is 0 Å². The molecule has 6 nitrogen and oxygen atoms in total. The number of carbonyl (C=O) groups is 3. The first-order chi connectivity index (χ1) is 4.73.